The van der Waals surface area contributed by atoms with Crippen LogP contribution in [0.15, 0.2) is 24.5 Å². The van der Waals surface area contributed by atoms with Crippen molar-refractivity contribution in [3.05, 3.63) is 30.2 Å². The van der Waals surface area contributed by atoms with Gasteiger partial charge < -0.3 is 5.32 Å². The molecule has 1 saturated heterocycles. The lowest BCUT2D eigenvalue weighted by Gasteiger charge is -2.20. The fraction of sp³-hybridized carbons (Fsp3) is 0.455. The molecule has 4 nitrogen and oxygen atoms in total. The first-order valence-electron chi connectivity index (χ1n) is 5.44. The zero-order valence-corrected chi connectivity index (χ0v) is 8.56. The Bertz CT molecular complexity index is 423. The number of rotatable bonds is 1. The van der Waals surface area contributed by atoms with Crippen molar-refractivity contribution in [2.45, 2.75) is 18.8 Å². The molecule has 3 heterocycles. The van der Waals surface area contributed by atoms with Gasteiger partial charge in [-0.25, -0.2) is 9.50 Å². The van der Waals surface area contributed by atoms with Gasteiger partial charge in [-0.15, -0.1) is 0 Å². The largest absolute Gasteiger partial charge is 0.317 e. The fourth-order valence-corrected chi connectivity index (χ4v) is 2.16. The van der Waals surface area contributed by atoms with Crippen LogP contribution in [0.4, 0.5) is 0 Å². The van der Waals surface area contributed by atoms with Crippen LogP contribution in [0.3, 0.4) is 0 Å². The summed E-state index contributed by atoms with van der Waals surface area (Å²) in [7, 11) is 0. The van der Waals surface area contributed by atoms with E-state index in [-0.39, 0.29) is 0 Å². The molecule has 1 N–H and O–H groups in total. The monoisotopic (exact) mass is 202 g/mol. The summed E-state index contributed by atoms with van der Waals surface area (Å²) in [5.41, 5.74) is 2.14. The van der Waals surface area contributed by atoms with Crippen molar-refractivity contribution in [3.63, 3.8) is 0 Å². The van der Waals surface area contributed by atoms with E-state index in [9.17, 15) is 0 Å². The lowest BCUT2D eigenvalue weighted by Crippen LogP contribution is -2.26. The molecule has 0 amide bonds. The molecule has 0 radical (unpaired) electrons. The Morgan fingerprint density at radius 2 is 2.20 bits per heavy atom. The first-order chi connectivity index (χ1) is 7.43. The summed E-state index contributed by atoms with van der Waals surface area (Å²) in [6.07, 6.45) is 6.22. The molecule has 78 valence electrons. The zero-order valence-electron chi connectivity index (χ0n) is 8.56. The number of nitrogens with one attached hydrogen (secondary N) is 1. The molecule has 0 unspecified atom stereocenters. The summed E-state index contributed by atoms with van der Waals surface area (Å²) < 4.78 is 1.86. The molecule has 1 fully saturated rings. The third-order valence-corrected chi connectivity index (χ3v) is 3.01. The van der Waals surface area contributed by atoms with E-state index < -0.39 is 0 Å². The van der Waals surface area contributed by atoms with Crippen molar-refractivity contribution in [1.29, 1.82) is 0 Å². The molecule has 0 atom stereocenters. The van der Waals surface area contributed by atoms with E-state index in [0.29, 0.717) is 5.92 Å². The Kier molecular flexibility index (Phi) is 2.14. The molecule has 2 aromatic rings. The lowest BCUT2D eigenvalue weighted by molar-refractivity contribution is 0.454. The van der Waals surface area contributed by atoms with Gasteiger partial charge in [0.2, 0.25) is 0 Å². The SMILES string of the molecule is c1cnn2cc(C3CCNCC3)nc2c1. The van der Waals surface area contributed by atoms with Crippen LogP contribution in [0.1, 0.15) is 24.5 Å². The Hall–Kier alpha value is -1.42. The number of piperidine rings is 1. The number of imidazole rings is 1. The second kappa shape index (κ2) is 3.62. The van der Waals surface area contributed by atoms with Crippen molar-refractivity contribution in [2.75, 3.05) is 13.1 Å². The number of hydrogen-bond acceptors (Lipinski definition) is 3. The number of fused-ring (bicyclic) bond motifs is 1. The normalized spacial score (nSPS) is 18.4. The molecule has 3 rings (SSSR count). The van der Waals surface area contributed by atoms with Gasteiger partial charge in [-0.3, -0.25) is 0 Å². The maximum absolute atomic E-state index is 4.61. The Morgan fingerprint density at radius 3 is 3.00 bits per heavy atom. The smallest absolute Gasteiger partial charge is 0.153 e. The number of aromatic nitrogens is 3. The fourth-order valence-electron chi connectivity index (χ4n) is 2.16. The van der Waals surface area contributed by atoms with E-state index in [1.807, 2.05) is 16.6 Å². The minimum Gasteiger partial charge on any atom is -0.317 e. The standard InChI is InChI=1S/C11H14N4/c1-2-11-14-10(8-15(11)13-5-1)9-3-6-12-7-4-9/h1-2,5,8-9,12H,3-4,6-7H2. The molecular weight excluding hydrogens is 188 g/mol. The van der Waals surface area contributed by atoms with E-state index in [1.54, 1.807) is 6.20 Å². The van der Waals surface area contributed by atoms with Crippen molar-refractivity contribution < 1.29 is 0 Å². The van der Waals surface area contributed by atoms with Gasteiger partial charge in [-0.1, -0.05) is 0 Å². The number of nitrogens with zero attached hydrogens (tertiary/aromatic N) is 3. The average Bonchev–Trinajstić information content (AvgIpc) is 2.74. The first-order valence-corrected chi connectivity index (χ1v) is 5.44. The van der Waals surface area contributed by atoms with Gasteiger partial charge in [0.25, 0.3) is 0 Å². The van der Waals surface area contributed by atoms with E-state index in [4.69, 9.17) is 0 Å². The van der Waals surface area contributed by atoms with Gasteiger partial charge in [0.05, 0.1) is 11.9 Å². The summed E-state index contributed by atoms with van der Waals surface area (Å²) in [4.78, 5) is 4.61. The summed E-state index contributed by atoms with van der Waals surface area (Å²) in [5, 5.41) is 7.60. The molecule has 0 saturated carbocycles. The highest BCUT2D eigenvalue weighted by atomic mass is 15.2. The van der Waals surface area contributed by atoms with Crippen LogP contribution >= 0.6 is 0 Å². The molecule has 2 aromatic heterocycles. The van der Waals surface area contributed by atoms with Crippen molar-refractivity contribution in [2.24, 2.45) is 0 Å². The average molecular weight is 202 g/mol. The van der Waals surface area contributed by atoms with Gasteiger partial charge in [-0.2, -0.15) is 5.10 Å². The molecule has 0 aliphatic carbocycles. The highest BCUT2D eigenvalue weighted by Crippen LogP contribution is 2.23. The molecule has 0 spiro atoms. The lowest BCUT2D eigenvalue weighted by atomic mass is 9.95. The van der Waals surface area contributed by atoms with Crippen LogP contribution in [0.25, 0.3) is 5.65 Å². The quantitative estimate of drug-likeness (QED) is 0.755. The Morgan fingerprint density at radius 1 is 1.33 bits per heavy atom. The third-order valence-electron chi connectivity index (χ3n) is 3.01. The van der Waals surface area contributed by atoms with Crippen LogP contribution in [0.2, 0.25) is 0 Å². The molecule has 4 heteroatoms. The van der Waals surface area contributed by atoms with Crippen LogP contribution < -0.4 is 5.32 Å². The van der Waals surface area contributed by atoms with Crippen molar-refractivity contribution in [1.82, 2.24) is 19.9 Å². The summed E-state index contributed by atoms with van der Waals surface area (Å²) >= 11 is 0. The Balaban J connectivity index is 1.96. The molecule has 1 aliphatic rings. The molecule has 1 aliphatic heterocycles. The topological polar surface area (TPSA) is 42.2 Å². The number of hydrogen-bond donors (Lipinski definition) is 1. The van der Waals surface area contributed by atoms with Crippen LogP contribution in [-0.2, 0) is 0 Å². The van der Waals surface area contributed by atoms with E-state index in [1.165, 1.54) is 18.5 Å². The van der Waals surface area contributed by atoms with Crippen molar-refractivity contribution >= 4 is 5.65 Å². The van der Waals surface area contributed by atoms with Gasteiger partial charge >= 0.3 is 0 Å². The minimum absolute atomic E-state index is 0.605. The third kappa shape index (κ3) is 1.61. The molecule has 15 heavy (non-hydrogen) atoms. The summed E-state index contributed by atoms with van der Waals surface area (Å²) in [5.74, 6) is 0.605. The highest BCUT2D eigenvalue weighted by Gasteiger charge is 2.17. The van der Waals surface area contributed by atoms with E-state index in [2.05, 4.69) is 21.6 Å². The second-order valence-corrected chi connectivity index (χ2v) is 4.02. The maximum atomic E-state index is 4.61. The predicted octanol–water partition coefficient (Wildman–Crippen LogP) is 1.20. The van der Waals surface area contributed by atoms with Crippen LogP contribution in [0.5, 0.6) is 0 Å². The van der Waals surface area contributed by atoms with Gasteiger partial charge in [0.15, 0.2) is 5.65 Å². The van der Waals surface area contributed by atoms with E-state index >= 15 is 0 Å². The minimum atomic E-state index is 0.605. The molecule has 0 aromatic carbocycles. The van der Waals surface area contributed by atoms with Gasteiger partial charge in [-0.05, 0) is 38.1 Å². The molecular formula is C11H14N4. The summed E-state index contributed by atoms with van der Waals surface area (Å²) in [6, 6.07) is 3.92. The van der Waals surface area contributed by atoms with Crippen molar-refractivity contribution in [3.8, 4) is 0 Å². The summed E-state index contributed by atoms with van der Waals surface area (Å²) in [6.45, 7) is 2.21. The van der Waals surface area contributed by atoms with E-state index in [0.717, 1.165) is 18.7 Å². The Labute approximate surface area is 88.3 Å². The maximum Gasteiger partial charge on any atom is 0.153 e. The van der Waals surface area contributed by atoms with Crippen LogP contribution in [0, 0.1) is 0 Å². The molecule has 0 bridgehead atoms. The zero-order chi connectivity index (χ0) is 10.1. The first kappa shape index (κ1) is 8.85. The van der Waals surface area contributed by atoms with Crippen LogP contribution in [-0.4, -0.2) is 27.7 Å². The van der Waals surface area contributed by atoms with Gasteiger partial charge in [0.1, 0.15) is 0 Å². The highest BCUT2D eigenvalue weighted by molar-refractivity contribution is 5.38. The predicted molar refractivity (Wildman–Crippen MR) is 57.8 cm³/mol. The second-order valence-electron chi connectivity index (χ2n) is 4.02. The van der Waals surface area contributed by atoms with Gasteiger partial charge in [0, 0.05) is 12.1 Å².